The SMILES string of the molecule is COc1ccc(CCC(=O)N2CCc3nc([C@H]4CCNC4)ncc3C2)cc1. The Bertz CT molecular complexity index is 800. The van der Waals surface area contributed by atoms with Gasteiger partial charge in [0.25, 0.3) is 0 Å². The monoisotopic (exact) mass is 366 g/mol. The van der Waals surface area contributed by atoms with Crippen molar-refractivity contribution in [3.05, 3.63) is 53.1 Å². The Morgan fingerprint density at radius 2 is 2.19 bits per heavy atom. The topological polar surface area (TPSA) is 67.3 Å². The van der Waals surface area contributed by atoms with Gasteiger partial charge in [0.2, 0.25) is 5.91 Å². The highest BCUT2D eigenvalue weighted by atomic mass is 16.5. The molecule has 0 bridgehead atoms. The molecule has 2 aromatic rings. The molecule has 27 heavy (non-hydrogen) atoms. The fourth-order valence-electron chi connectivity index (χ4n) is 3.82. The first-order valence-electron chi connectivity index (χ1n) is 9.69. The molecular weight excluding hydrogens is 340 g/mol. The summed E-state index contributed by atoms with van der Waals surface area (Å²) in [6.07, 6.45) is 5.12. The predicted molar refractivity (Wildman–Crippen MR) is 103 cm³/mol. The molecule has 1 fully saturated rings. The molecule has 6 heteroatoms. The Morgan fingerprint density at radius 3 is 2.93 bits per heavy atom. The Kier molecular flexibility index (Phi) is 5.34. The molecule has 0 saturated carbocycles. The van der Waals surface area contributed by atoms with Crippen molar-refractivity contribution >= 4 is 5.91 Å². The molecule has 1 N–H and O–H groups in total. The van der Waals surface area contributed by atoms with Gasteiger partial charge in [0.05, 0.1) is 12.8 Å². The van der Waals surface area contributed by atoms with E-state index in [0.717, 1.165) is 67.3 Å². The van der Waals surface area contributed by atoms with E-state index in [1.807, 2.05) is 35.4 Å². The second kappa shape index (κ2) is 8.05. The van der Waals surface area contributed by atoms with Crippen LogP contribution in [-0.4, -0.2) is 47.5 Å². The summed E-state index contributed by atoms with van der Waals surface area (Å²) in [4.78, 5) is 23.9. The second-order valence-corrected chi connectivity index (χ2v) is 7.30. The number of fused-ring (bicyclic) bond motifs is 1. The maximum Gasteiger partial charge on any atom is 0.223 e. The molecule has 0 radical (unpaired) electrons. The molecule has 3 heterocycles. The largest absolute Gasteiger partial charge is 0.497 e. The highest BCUT2D eigenvalue weighted by Gasteiger charge is 2.25. The van der Waals surface area contributed by atoms with Gasteiger partial charge in [-0.15, -0.1) is 0 Å². The number of hydrogen-bond acceptors (Lipinski definition) is 5. The van der Waals surface area contributed by atoms with E-state index in [1.165, 1.54) is 0 Å². The number of aryl methyl sites for hydroxylation is 1. The maximum absolute atomic E-state index is 12.6. The number of nitrogens with one attached hydrogen (secondary N) is 1. The van der Waals surface area contributed by atoms with Gasteiger partial charge in [-0.2, -0.15) is 0 Å². The summed E-state index contributed by atoms with van der Waals surface area (Å²) in [5.74, 6) is 2.42. The molecule has 142 valence electrons. The molecule has 1 amide bonds. The highest BCUT2D eigenvalue weighted by molar-refractivity contribution is 5.76. The molecule has 0 aliphatic carbocycles. The minimum Gasteiger partial charge on any atom is -0.497 e. The first-order chi connectivity index (χ1) is 13.2. The standard InChI is InChI=1S/C21H26N4O2/c1-27-18-5-2-15(3-6-18)4-7-20(26)25-11-9-19-17(14-25)13-23-21(24-19)16-8-10-22-12-16/h2-3,5-6,13,16,22H,4,7-12,14H2,1H3/t16-/m0/s1. The van der Waals surface area contributed by atoms with E-state index in [0.29, 0.717) is 18.9 Å². The number of rotatable bonds is 5. The lowest BCUT2D eigenvalue weighted by atomic mass is 10.0. The normalized spacial score (nSPS) is 19.0. The molecule has 1 aromatic carbocycles. The van der Waals surface area contributed by atoms with Crippen LogP contribution in [0.15, 0.2) is 30.5 Å². The molecule has 0 spiro atoms. The van der Waals surface area contributed by atoms with Crippen LogP contribution < -0.4 is 10.1 Å². The summed E-state index contributed by atoms with van der Waals surface area (Å²) in [6, 6.07) is 7.91. The Hall–Kier alpha value is -2.47. The van der Waals surface area contributed by atoms with Gasteiger partial charge in [0, 0.05) is 50.2 Å². The third-order valence-electron chi connectivity index (χ3n) is 5.52. The molecule has 2 aliphatic rings. The van der Waals surface area contributed by atoms with E-state index in [4.69, 9.17) is 9.72 Å². The van der Waals surface area contributed by atoms with Gasteiger partial charge in [-0.05, 0) is 37.1 Å². The Balaban J connectivity index is 1.34. The van der Waals surface area contributed by atoms with Crippen LogP contribution in [-0.2, 0) is 24.2 Å². The fraction of sp³-hybridized carbons (Fsp3) is 0.476. The number of benzene rings is 1. The third-order valence-corrected chi connectivity index (χ3v) is 5.52. The van der Waals surface area contributed by atoms with Crippen molar-refractivity contribution in [1.82, 2.24) is 20.2 Å². The van der Waals surface area contributed by atoms with Crippen molar-refractivity contribution in [2.75, 3.05) is 26.7 Å². The molecule has 1 aromatic heterocycles. The van der Waals surface area contributed by atoms with Crippen LogP contribution in [0.5, 0.6) is 5.75 Å². The second-order valence-electron chi connectivity index (χ2n) is 7.30. The minimum absolute atomic E-state index is 0.195. The predicted octanol–water partition coefficient (Wildman–Crippen LogP) is 2.08. The summed E-state index contributed by atoms with van der Waals surface area (Å²) in [7, 11) is 1.66. The lowest BCUT2D eigenvalue weighted by Crippen LogP contribution is -2.36. The average Bonchev–Trinajstić information content (AvgIpc) is 3.26. The number of carbonyl (C=O) groups is 1. The van der Waals surface area contributed by atoms with Crippen molar-refractivity contribution < 1.29 is 9.53 Å². The van der Waals surface area contributed by atoms with E-state index in [1.54, 1.807) is 7.11 Å². The van der Waals surface area contributed by atoms with Crippen LogP contribution in [0.1, 0.15) is 41.4 Å². The van der Waals surface area contributed by atoms with Crippen molar-refractivity contribution in [3.63, 3.8) is 0 Å². The van der Waals surface area contributed by atoms with E-state index in [9.17, 15) is 4.79 Å². The smallest absolute Gasteiger partial charge is 0.223 e. The maximum atomic E-state index is 12.6. The molecule has 6 nitrogen and oxygen atoms in total. The highest BCUT2D eigenvalue weighted by Crippen LogP contribution is 2.23. The molecule has 1 saturated heterocycles. The van der Waals surface area contributed by atoms with Crippen LogP contribution in [0.25, 0.3) is 0 Å². The average molecular weight is 366 g/mol. The minimum atomic E-state index is 0.195. The third kappa shape index (κ3) is 4.11. The van der Waals surface area contributed by atoms with Gasteiger partial charge >= 0.3 is 0 Å². The summed E-state index contributed by atoms with van der Waals surface area (Å²) in [5.41, 5.74) is 3.36. The van der Waals surface area contributed by atoms with Gasteiger partial charge in [-0.1, -0.05) is 12.1 Å². The summed E-state index contributed by atoms with van der Waals surface area (Å²) < 4.78 is 5.17. The molecule has 0 unspecified atom stereocenters. The van der Waals surface area contributed by atoms with Crippen molar-refractivity contribution in [3.8, 4) is 5.75 Å². The lowest BCUT2D eigenvalue weighted by molar-refractivity contribution is -0.132. The molecule has 1 atom stereocenters. The van der Waals surface area contributed by atoms with Gasteiger partial charge in [0.15, 0.2) is 0 Å². The van der Waals surface area contributed by atoms with E-state index >= 15 is 0 Å². The van der Waals surface area contributed by atoms with Gasteiger partial charge in [-0.3, -0.25) is 4.79 Å². The first-order valence-corrected chi connectivity index (χ1v) is 9.69. The van der Waals surface area contributed by atoms with Crippen LogP contribution in [0, 0.1) is 0 Å². The number of aromatic nitrogens is 2. The zero-order valence-electron chi connectivity index (χ0n) is 15.8. The fourth-order valence-corrected chi connectivity index (χ4v) is 3.82. The quantitative estimate of drug-likeness (QED) is 0.878. The van der Waals surface area contributed by atoms with E-state index in [2.05, 4.69) is 10.3 Å². The van der Waals surface area contributed by atoms with Gasteiger partial charge in [-0.25, -0.2) is 9.97 Å². The zero-order valence-corrected chi connectivity index (χ0v) is 15.8. The number of ether oxygens (including phenoxy) is 1. The van der Waals surface area contributed by atoms with Crippen molar-refractivity contribution in [1.29, 1.82) is 0 Å². The molecule has 2 aliphatic heterocycles. The van der Waals surface area contributed by atoms with Crippen molar-refractivity contribution in [2.24, 2.45) is 0 Å². The molecule has 4 rings (SSSR count). The van der Waals surface area contributed by atoms with Crippen LogP contribution >= 0.6 is 0 Å². The Morgan fingerprint density at radius 1 is 1.33 bits per heavy atom. The number of amides is 1. The zero-order chi connectivity index (χ0) is 18.6. The summed E-state index contributed by atoms with van der Waals surface area (Å²) >= 11 is 0. The molecular formula is C21H26N4O2. The number of methoxy groups -OCH3 is 1. The van der Waals surface area contributed by atoms with Crippen molar-refractivity contribution in [2.45, 2.75) is 38.1 Å². The van der Waals surface area contributed by atoms with Gasteiger partial charge in [0.1, 0.15) is 11.6 Å². The summed E-state index contributed by atoms with van der Waals surface area (Å²) in [6.45, 7) is 3.38. The number of hydrogen-bond donors (Lipinski definition) is 1. The van der Waals surface area contributed by atoms with Gasteiger partial charge < -0.3 is 15.0 Å². The van der Waals surface area contributed by atoms with E-state index in [-0.39, 0.29) is 5.91 Å². The van der Waals surface area contributed by atoms with Crippen LogP contribution in [0.2, 0.25) is 0 Å². The summed E-state index contributed by atoms with van der Waals surface area (Å²) in [5, 5.41) is 3.37. The number of nitrogens with zero attached hydrogens (tertiary/aromatic N) is 3. The van der Waals surface area contributed by atoms with Crippen LogP contribution in [0.4, 0.5) is 0 Å². The number of carbonyl (C=O) groups excluding carboxylic acids is 1. The van der Waals surface area contributed by atoms with E-state index < -0.39 is 0 Å². The lowest BCUT2D eigenvalue weighted by Gasteiger charge is -2.28. The Labute approximate surface area is 160 Å². The first kappa shape index (κ1) is 17.9. The van der Waals surface area contributed by atoms with Crippen LogP contribution in [0.3, 0.4) is 0 Å².